The molecule has 27 heavy (non-hydrogen) atoms. The van der Waals surface area contributed by atoms with Crippen LogP contribution in [0.5, 0.6) is 0 Å². The summed E-state index contributed by atoms with van der Waals surface area (Å²) >= 11 is 12.3. The van der Waals surface area contributed by atoms with E-state index in [2.05, 4.69) is 0 Å². The van der Waals surface area contributed by atoms with Gasteiger partial charge in [-0.15, -0.1) is 0 Å². The highest BCUT2D eigenvalue weighted by molar-refractivity contribution is 6.36. The van der Waals surface area contributed by atoms with Crippen LogP contribution in [0.2, 0.25) is 10.0 Å². The molecule has 0 spiro atoms. The maximum absolute atomic E-state index is 13.0. The number of carbonyl (C=O) groups excluding carboxylic acids is 2. The van der Waals surface area contributed by atoms with Crippen molar-refractivity contribution in [2.45, 2.75) is 12.5 Å². The number of morpholine rings is 1. The number of halogens is 2. The van der Waals surface area contributed by atoms with Gasteiger partial charge in [0.15, 0.2) is 0 Å². The molecule has 0 aliphatic carbocycles. The van der Waals surface area contributed by atoms with E-state index in [-0.39, 0.29) is 12.3 Å². The molecule has 2 aromatic carbocycles. The molecular formula is C20H19Cl2NO4. The minimum Gasteiger partial charge on any atom is -0.447 e. The van der Waals surface area contributed by atoms with E-state index in [1.807, 2.05) is 6.07 Å². The molecule has 3 rings (SSSR count). The van der Waals surface area contributed by atoms with Crippen molar-refractivity contribution >= 4 is 35.1 Å². The number of benzene rings is 2. The molecule has 0 aromatic heterocycles. The standard InChI is InChI=1S/C20H19Cl2NO4/c21-16-7-4-8-17(22)15(16)13-18(24)27-19(14-5-2-1-3-6-14)20(25)23-9-11-26-12-10-23/h1-8,19H,9-13H2/t19-/m1/s1. The quantitative estimate of drug-likeness (QED) is 0.709. The van der Waals surface area contributed by atoms with Crippen LogP contribution in [0.1, 0.15) is 17.2 Å². The molecule has 5 nitrogen and oxygen atoms in total. The van der Waals surface area contributed by atoms with Gasteiger partial charge in [0.25, 0.3) is 5.91 Å². The largest absolute Gasteiger partial charge is 0.447 e. The Morgan fingerprint density at radius 3 is 2.26 bits per heavy atom. The molecule has 142 valence electrons. The molecule has 1 atom stereocenters. The Morgan fingerprint density at radius 2 is 1.63 bits per heavy atom. The number of amides is 1. The van der Waals surface area contributed by atoms with Crippen LogP contribution < -0.4 is 0 Å². The number of rotatable bonds is 5. The summed E-state index contributed by atoms with van der Waals surface area (Å²) in [7, 11) is 0. The molecule has 7 heteroatoms. The average molecular weight is 408 g/mol. The summed E-state index contributed by atoms with van der Waals surface area (Å²) < 4.78 is 10.9. The average Bonchev–Trinajstić information content (AvgIpc) is 2.70. The first-order valence-electron chi connectivity index (χ1n) is 8.60. The first-order valence-corrected chi connectivity index (χ1v) is 9.35. The Morgan fingerprint density at radius 1 is 1.00 bits per heavy atom. The molecular weight excluding hydrogens is 389 g/mol. The first kappa shape index (κ1) is 19.7. The summed E-state index contributed by atoms with van der Waals surface area (Å²) in [5.74, 6) is -0.830. The molecule has 1 heterocycles. The second kappa shape index (κ2) is 9.22. The number of carbonyl (C=O) groups is 2. The number of ether oxygens (including phenoxy) is 2. The molecule has 0 unspecified atom stereocenters. The van der Waals surface area contributed by atoms with Gasteiger partial charge in [-0.1, -0.05) is 59.6 Å². The van der Waals surface area contributed by atoms with Crippen molar-refractivity contribution < 1.29 is 19.1 Å². The predicted octanol–water partition coefficient (Wildman–Crippen LogP) is 3.68. The van der Waals surface area contributed by atoms with Crippen molar-refractivity contribution in [1.82, 2.24) is 4.90 Å². The van der Waals surface area contributed by atoms with E-state index < -0.39 is 12.1 Å². The van der Waals surface area contributed by atoms with E-state index in [1.54, 1.807) is 47.4 Å². The fourth-order valence-electron chi connectivity index (χ4n) is 2.86. The lowest BCUT2D eigenvalue weighted by Gasteiger charge is -2.30. The summed E-state index contributed by atoms with van der Waals surface area (Å²) in [5, 5.41) is 0.769. The van der Waals surface area contributed by atoms with Gasteiger partial charge in [0.1, 0.15) is 0 Å². The fourth-order valence-corrected chi connectivity index (χ4v) is 3.39. The zero-order valence-corrected chi connectivity index (χ0v) is 16.1. The molecule has 1 amide bonds. The van der Waals surface area contributed by atoms with E-state index in [9.17, 15) is 9.59 Å². The summed E-state index contributed by atoms with van der Waals surface area (Å²) in [5.41, 5.74) is 1.10. The normalized spacial score (nSPS) is 15.3. The molecule has 1 aliphatic heterocycles. The smallest absolute Gasteiger partial charge is 0.311 e. The third-order valence-corrected chi connectivity index (χ3v) is 4.99. The van der Waals surface area contributed by atoms with Crippen molar-refractivity contribution in [3.05, 3.63) is 69.7 Å². The third kappa shape index (κ3) is 5.01. The zero-order chi connectivity index (χ0) is 19.2. The van der Waals surface area contributed by atoms with Crippen molar-refractivity contribution in [2.24, 2.45) is 0 Å². The second-order valence-electron chi connectivity index (χ2n) is 6.10. The highest BCUT2D eigenvalue weighted by Gasteiger charge is 2.30. The number of hydrogen-bond acceptors (Lipinski definition) is 4. The Balaban J connectivity index is 1.78. The lowest BCUT2D eigenvalue weighted by atomic mass is 10.1. The Kier molecular flexibility index (Phi) is 6.72. The van der Waals surface area contributed by atoms with Crippen LogP contribution in [0.4, 0.5) is 0 Å². The van der Waals surface area contributed by atoms with Gasteiger partial charge in [-0.05, 0) is 12.1 Å². The Hall–Kier alpha value is -2.08. The predicted molar refractivity (Wildman–Crippen MR) is 103 cm³/mol. The van der Waals surface area contributed by atoms with Gasteiger partial charge in [0.05, 0.1) is 19.6 Å². The van der Waals surface area contributed by atoms with Crippen LogP contribution in [0, 0.1) is 0 Å². The molecule has 0 bridgehead atoms. The van der Waals surface area contributed by atoms with Gasteiger partial charge in [-0.3, -0.25) is 9.59 Å². The zero-order valence-electron chi connectivity index (χ0n) is 14.6. The Bertz CT molecular complexity index is 787. The number of esters is 1. The summed E-state index contributed by atoms with van der Waals surface area (Å²) in [4.78, 5) is 27.2. The van der Waals surface area contributed by atoms with Crippen molar-refractivity contribution in [1.29, 1.82) is 0 Å². The minimum absolute atomic E-state index is 0.113. The van der Waals surface area contributed by atoms with Crippen LogP contribution in [0.25, 0.3) is 0 Å². The lowest BCUT2D eigenvalue weighted by molar-refractivity contribution is -0.162. The maximum atomic E-state index is 13.0. The number of hydrogen-bond donors (Lipinski definition) is 0. The number of nitrogens with zero attached hydrogens (tertiary/aromatic N) is 1. The van der Waals surface area contributed by atoms with Gasteiger partial charge in [0, 0.05) is 34.3 Å². The van der Waals surface area contributed by atoms with Crippen LogP contribution in [-0.4, -0.2) is 43.1 Å². The highest BCUT2D eigenvalue weighted by Crippen LogP contribution is 2.27. The van der Waals surface area contributed by atoms with E-state index in [4.69, 9.17) is 32.7 Å². The van der Waals surface area contributed by atoms with Crippen LogP contribution in [0.15, 0.2) is 48.5 Å². The van der Waals surface area contributed by atoms with E-state index in [0.29, 0.717) is 47.5 Å². The molecule has 2 aromatic rings. The van der Waals surface area contributed by atoms with Gasteiger partial charge in [-0.25, -0.2) is 0 Å². The summed E-state index contributed by atoms with van der Waals surface area (Å²) in [6, 6.07) is 14.0. The molecule has 0 N–H and O–H groups in total. The topological polar surface area (TPSA) is 55.8 Å². The SMILES string of the molecule is O=C(Cc1c(Cl)cccc1Cl)O[C@@H](C(=O)N1CCOCC1)c1ccccc1. The van der Waals surface area contributed by atoms with E-state index >= 15 is 0 Å². The van der Waals surface area contributed by atoms with E-state index in [0.717, 1.165) is 0 Å². The maximum Gasteiger partial charge on any atom is 0.311 e. The molecule has 0 radical (unpaired) electrons. The molecule has 1 aliphatic rings. The minimum atomic E-state index is -1.02. The van der Waals surface area contributed by atoms with Gasteiger partial charge >= 0.3 is 5.97 Å². The fraction of sp³-hybridized carbons (Fsp3) is 0.300. The van der Waals surface area contributed by atoms with Gasteiger partial charge in [-0.2, -0.15) is 0 Å². The Labute approximate surface area is 167 Å². The van der Waals surface area contributed by atoms with Gasteiger partial charge < -0.3 is 14.4 Å². The molecule has 0 saturated carbocycles. The van der Waals surface area contributed by atoms with Crippen molar-refractivity contribution in [2.75, 3.05) is 26.3 Å². The van der Waals surface area contributed by atoms with Crippen LogP contribution in [0.3, 0.4) is 0 Å². The van der Waals surface area contributed by atoms with Crippen LogP contribution >= 0.6 is 23.2 Å². The first-order chi connectivity index (χ1) is 13.1. The highest BCUT2D eigenvalue weighted by atomic mass is 35.5. The van der Waals surface area contributed by atoms with Crippen molar-refractivity contribution in [3.8, 4) is 0 Å². The van der Waals surface area contributed by atoms with Crippen LogP contribution in [-0.2, 0) is 25.5 Å². The van der Waals surface area contributed by atoms with Crippen molar-refractivity contribution in [3.63, 3.8) is 0 Å². The summed E-state index contributed by atoms with van der Waals surface area (Å²) in [6.07, 6.45) is -1.13. The lowest BCUT2D eigenvalue weighted by Crippen LogP contribution is -2.44. The van der Waals surface area contributed by atoms with E-state index in [1.165, 1.54) is 0 Å². The molecule has 1 fully saturated rings. The second-order valence-corrected chi connectivity index (χ2v) is 6.91. The monoisotopic (exact) mass is 407 g/mol. The third-order valence-electron chi connectivity index (χ3n) is 4.28. The van der Waals surface area contributed by atoms with Gasteiger partial charge in [0.2, 0.25) is 6.10 Å². The summed E-state index contributed by atoms with van der Waals surface area (Å²) in [6.45, 7) is 1.87. The molecule has 1 saturated heterocycles.